The Morgan fingerprint density at radius 3 is 2.90 bits per heavy atom. The number of aromatic nitrogens is 1. The van der Waals surface area contributed by atoms with E-state index in [0.717, 1.165) is 31.0 Å². The molecule has 0 saturated carbocycles. The van der Waals surface area contributed by atoms with Crippen LogP contribution in [0.1, 0.15) is 24.1 Å². The highest BCUT2D eigenvalue weighted by Gasteiger charge is 2.25. The van der Waals surface area contributed by atoms with Gasteiger partial charge in [-0.2, -0.15) is 0 Å². The van der Waals surface area contributed by atoms with Crippen LogP contribution in [0.2, 0.25) is 0 Å². The molecule has 112 valence electrons. The maximum absolute atomic E-state index is 5.63. The highest BCUT2D eigenvalue weighted by atomic mass is 16.5. The zero-order valence-electron chi connectivity index (χ0n) is 12.7. The van der Waals surface area contributed by atoms with E-state index in [1.54, 1.807) is 13.4 Å². The molecule has 1 fully saturated rings. The summed E-state index contributed by atoms with van der Waals surface area (Å²) in [7, 11) is 1.77. The normalized spacial score (nSPS) is 19.2. The fraction of sp³-hybridized carbons (Fsp3) is 0.471. The molecule has 2 aromatic rings. The van der Waals surface area contributed by atoms with Crippen molar-refractivity contribution in [2.45, 2.75) is 32.4 Å². The van der Waals surface area contributed by atoms with Crippen molar-refractivity contribution in [3.05, 3.63) is 41.8 Å². The smallest absolute Gasteiger partial charge is 0.226 e. The number of ether oxygens (including phenoxy) is 1. The lowest BCUT2D eigenvalue weighted by Gasteiger charge is -2.22. The fourth-order valence-electron chi connectivity index (χ4n) is 2.90. The second kappa shape index (κ2) is 6.41. The van der Waals surface area contributed by atoms with E-state index in [9.17, 15) is 0 Å². The second-order valence-corrected chi connectivity index (χ2v) is 5.73. The first-order chi connectivity index (χ1) is 10.3. The van der Waals surface area contributed by atoms with Crippen molar-refractivity contribution < 1.29 is 9.15 Å². The molecule has 3 rings (SSSR count). The van der Waals surface area contributed by atoms with E-state index in [1.807, 2.05) is 0 Å². The molecule has 0 spiro atoms. The third-order valence-corrected chi connectivity index (χ3v) is 4.07. The quantitative estimate of drug-likeness (QED) is 0.845. The van der Waals surface area contributed by atoms with E-state index >= 15 is 0 Å². The van der Waals surface area contributed by atoms with Gasteiger partial charge in [0.05, 0.1) is 12.3 Å². The summed E-state index contributed by atoms with van der Waals surface area (Å²) in [4.78, 5) is 7.05. The summed E-state index contributed by atoms with van der Waals surface area (Å²) >= 11 is 0. The lowest BCUT2D eigenvalue weighted by atomic mass is 10.1. The molecule has 4 heteroatoms. The van der Waals surface area contributed by atoms with Crippen molar-refractivity contribution in [1.29, 1.82) is 0 Å². The summed E-state index contributed by atoms with van der Waals surface area (Å²) < 4.78 is 10.9. The summed E-state index contributed by atoms with van der Waals surface area (Å²) in [6.45, 7) is 4.82. The summed E-state index contributed by atoms with van der Waals surface area (Å²) in [6, 6.07) is 8.76. The van der Waals surface area contributed by atoms with Gasteiger partial charge in [-0.25, -0.2) is 4.98 Å². The number of benzene rings is 1. The van der Waals surface area contributed by atoms with Crippen molar-refractivity contribution in [3.63, 3.8) is 0 Å². The number of aryl methyl sites for hydroxylation is 1. The Hall–Kier alpha value is -1.65. The highest BCUT2D eigenvalue weighted by molar-refractivity contribution is 5.53. The predicted octanol–water partition coefficient (Wildman–Crippen LogP) is 3.26. The van der Waals surface area contributed by atoms with Gasteiger partial charge in [0.1, 0.15) is 6.26 Å². The van der Waals surface area contributed by atoms with Gasteiger partial charge in [0, 0.05) is 25.3 Å². The van der Waals surface area contributed by atoms with Crippen LogP contribution < -0.4 is 0 Å². The zero-order valence-corrected chi connectivity index (χ0v) is 12.7. The minimum atomic E-state index is 0.509. The van der Waals surface area contributed by atoms with Crippen molar-refractivity contribution in [1.82, 2.24) is 9.88 Å². The van der Waals surface area contributed by atoms with Crippen molar-refractivity contribution >= 4 is 0 Å². The number of oxazole rings is 1. The minimum absolute atomic E-state index is 0.509. The molecule has 0 bridgehead atoms. The van der Waals surface area contributed by atoms with E-state index in [-0.39, 0.29) is 0 Å². The molecular formula is C17H22N2O2. The molecule has 21 heavy (non-hydrogen) atoms. The largest absolute Gasteiger partial charge is 0.444 e. The van der Waals surface area contributed by atoms with Crippen LogP contribution in [0.5, 0.6) is 0 Å². The molecule has 2 heterocycles. The van der Waals surface area contributed by atoms with Gasteiger partial charge in [0.15, 0.2) is 0 Å². The highest BCUT2D eigenvalue weighted by Crippen LogP contribution is 2.23. The van der Waals surface area contributed by atoms with E-state index in [0.29, 0.717) is 11.9 Å². The predicted molar refractivity (Wildman–Crippen MR) is 82.0 cm³/mol. The first kappa shape index (κ1) is 14.3. The molecular weight excluding hydrogens is 264 g/mol. The molecule has 1 aliphatic rings. The molecule has 0 radical (unpaired) electrons. The number of methoxy groups -OCH3 is 1. The molecule has 0 aliphatic carbocycles. The Morgan fingerprint density at radius 1 is 1.33 bits per heavy atom. The van der Waals surface area contributed by atoms with Gasteiger partial charge in [-0.15, -0.1) is 0 Å². The van der Waals surface area contributed by atoms with Crippen molar-refractivity contribution in [2.24, 2.45) is 0 Å². The Balaban J connectivity index is 1.69. The van der Waals surface area contributed by atoms with E-state index in [1.165, 1.54) is 18.4 Å². The van der Waals surface area contributed by atoms with E-state index in [2.05, 4.69) is 41.1 Å². The molecule has 0 amide bonds. The standard InChI is InChI=1S/C17H22N2O2/c1-13-5-7-14(8-6-13)17-18-15(11-21-17)10-19-9-3-4-16(19)12-20-2/h5-8,11,16H,3-4,9-10,12H2,1-2H3/t16-/m1/s1. The van der Waals surface area contributed by atoms with Gasteiger partial charge in [-0.05, 0) is 38.4 Å². The number of hydrogen-bond donors (Lipinski definition) is 0. The monoisotopic (exact) mass is 286 g/mol. The van der Waals surface area contributed by atoms with Crippen LogP contribution >= 0.6 is 0 Å². The SMILES string of the molecule is COC[C@H]1CCCN1Cc1coc(-c2ccc(C)cc2)n1. The van der Waals surface area contributed by atoms with Crippen molar-refractivity contribution in [2.75, 3.05) is 20.3 Å². The number of hydrogen-bond acceptors (Lipinski definition) is 4. The Bertz CT molecular complexity index is 577. The number of nitrogens with zero attached hydrogens (tertiary/aromatic N) is 2. The lowest BCUT2D eigenvalue weighted by Crippen LogP contribution is -2.32. The van der Waals surface area contributed by atoms with Crippen LogP contribution in [-0.4, -0.2) is 36.2 Å². The fourth-order valence-corrected chi connectivity index (χ4v) is 2.90. The molecule has 0 unspecified atom stereocenters. The van der Waals surface area contributed by atoms with Crippen molar-refractivity contribution in [3.8, 4) is 11.5 Å². The average Bonchev–Trinajstić information content (AvgIpc) is 3.11. The molecule has 1 aromatic carbocycles. The first-order valence-electron chi connectivity index (χ1n) is 7.50. The summed E-state index contributed by atoms with van der Waals surface area (Å²) in [6.07, 6.45) is 4.21. The number of likely N-dealkylation sites (tertiary alicyclic amines) is 1. The van der Waals surface area contributed by atoms with Crippen LogP contribution in [-0.2, 0) is 11.3 Å². The van der Waals surface area contributed by atoms with Crippen LogP contribution in [0.3, 0.4) is 0 Å². The topological polar surface area (TPSA) is 38.5 Å². The maximum atomic E-state index is 5.63. The second-order valence-electron chi connectivity index (χ2n) is 5.73. The average molecular weight is 286 g/mol. The Kier molecular flexibility index (Phi) is 4.36. The summed E-state index contributed by atoms with van der Waals surface area (Å²) in [5, 5.41) is 0. The summed E-state index contributed by atoms with van der Waals surface area (Å²) in [5.41, 5.74) is 3.26. The molecule has 1 aromatic heterocycles. The molecule has 4 nitrogen and oxygen atoms in total. The van der Waals surface area contributed by atoms with Gasteiger partial charge in [-0.3, -0.25) is 4.90 Å². The van der Waals surface area contributed by atoms with Gasteiger partial charge in [-0.1, -0.05) is 17.7 Å². The third-order valence-electron chi connectivity index (χ3n) is 4.07. The minimum Gasteiger partial charge on any atom is -0.444 e. The lowest BCUT2D eigenvalue weighted by molar-refractivity contribution is 0.111. The van der Waals surface area contributed by atoms with Gasteiger partial charge >= 0.3 is 0 Å². The van der Waals surface area contributed by atoms with Crippen LogP contribution in [0, 0.1) is 6.92 Å². The third kappa shape index (κ3) is 3.34. The molecule has 1 aliphatic heterocycles. The summed E-state index contributed by atoms with van der Waals surface area (Å²) in [5.74, 6) is 0.701. The van der Waals surface area contributed by atoms with Gasteiger partial charge in [0.2, 0.25) is 5.89 Å². The first-order valence-corrected chi connectivity index (χ1v) is 7.50. The van der Waals surface area contributed by atoms with Gasteiger partial charge in [0.25, 0.3) is 0 Å². The molecule has 1 saturated heterocycles. The van der Waals surface area contributed by atoms with E-state index in [4.69, 9.17) is 9.15 Å². The maximum Gasteiger partial charge on any atom is 0.226 e. The zero-order chi connectivity index (χ0) is 14.7. The number of rotatable bonds is 5. The molecule has 0 N–H and O–H groups in total. The van der Waals surface area contributed by atoms with Crippen LogP contribution in [0.25, 0.3) is 11.5 Å². The van der Waals surface area contributed by atoms with Gasteiger partial charge < -0.3 is 9.15 Å². The van der Waals surface area contributed by atoms with Crippen LogP contribution in [0.15, 0.2) is 34.9 Å². The Labute approximate surface area is 125 Å². The van der Waals surface area contributed by atoms with E-state index < -0.39 is 0 Å². The molecule has 1 atom stereocenters. The van der Waals surface area contributed by atoms with Crippen LogP contribution in [0.4, 0.5) is 0 Å². The Morgan fingerprint density at radius 2 is 2.14 bits per heavy atom.